The summed E-state index contributed by atoms with van der Waals surface area (Å²) >= 11 is 1.12. The molecule has 1 N–H and O–H groups in total. The summed E-state index contributed by atoms with van der Waals surface area (Å²) in [5.41, 5.74) is 0.725. The second kappa shape index (κ2) is 8.52. The molecule has 3 rings (SSSR count). The summed E-state index contributed by atoms with van der Waals surface area (Å²) in [7, 11) is 1.04. The van der Waals surface area contributed by atoms with E-state index in [0.29, 0.717) is 12.3 Å². The van der Waals surface area contributed by atoms with Gasteiger partial charge >= 0.3 is 0 Å². The second-order valence-corrected chi connectivity index (χ2v) is 10.4. The van der Waals surface area contributed by atoms with Crippen LogP contribution in [0.5, 0.6) is 5.75 Å². The van der Waals surface area contributed by atoms with Gasteiger partial charge in [-0.25, -0.2) is 12.7 Å². The standard InChI is InChI=1S/C19H23N3O5S2/c1-21(2)29(25,26)18-9-8-16(28-18)11-20-19(24)13-10-17(23)22(12-13)14-4-6-15(27-3)7-5-14/h4-9,13H,10-12H2,1-3H3,(H,20,24)/t13-/m1/s1. The van der Waals surface area contributed by atoms with E-state index >= 15 is 0 Å². The van der Waals surface area contributed by atoms with Gasteiger partial charge in [0.2, 0.25) is 11.8 Å². The minimum absolute atomic E-state index is 0.106. The Balaban J connectivity index is 1.59. The highest BCUT2D eigenvalue weighted by Gasteiger charge is 2.35. The lowest BCUT2D eigenvalue weighted by Gasteiger charge is -2.17. The van der Waals surface area contributed by atoms with Crippen molar-refractivity contribution >= 4 is 38.9 Å². The van der Waals surface area contributed by atoms with Crippen LogP contribution in [0.4, 0.5) is 5.69 Å². The maximum Gasteiger partial charge on any atom is 0.252 e. The van der Waals surface area contributed by atoms with Crippen LogP contribution < -0.4 is 15.0 Å². The molecule has 1 atom stereocenters. The number of carbonyl (C=O) groups is 2. The van der Waals surface area contributed by atoms with E-state index in [4.69, 9.17) is 4.74 Å². The fraction of sp³-hybridized carbons (Fsp3) is 0.368. The van der Waals surface area contributed by atoms with Crippen molar-refractivity contribution in [2.75, 3.05) is 32.6 Å². The summed E-state index contributed by atoms with van der Waals surface area (Å²) in [4.78, 5) is 27.2. The Bertz CT molecular complexity index is 999. The third-order valence-corrected chi connectivity index (χ3v) is 8.06. The molecule has 156 valence electrons. The number of hydrogen-bond donors (Lipinski definition) is 1. The topological polar surface area (TPSA) is 96.0 Å². The number of sulfonamides is 1. The lowest BCUT2D eigenvalue weighted by atomic mass is 10.1. The largest absolute Gasteiger partial charge is 0.497 e. The zero-order chi connectivity index (χ0) is 21.2. The van der Waals surface area contributed by atoms with Crippen molar-refractivity contribution in [1.82, 2.24) is 9.62 Å². The molecule has 0 aliphatic carbocycles. The number of hydrogen-bond acceptors (Lipinski definition) is 6. The lowest BCUT2D eigenvalue weighted by Crippen LogP contribution is -2.32. The van der Waals surface area contributed by atoms with Crippen LogP contribution in [-0.4, -0.2) is 52.3 Å². The van der Waals surface area contributed by atoms with Crippen LogP contribution >= 0.6 is 11.3 Å². The molecule has 1 aliphatic heterocycles. The molecule has 2 aromatic rings. The monoisotopic (exact) mass is 437 g/mol. The van der Waals surface area contributed by atoms with E-state index in [2.05, 4.69) is 5.32 Å². The van der Waals surface area contributed by atoms with Gasteiger partial charge in [-0.1, -0.05) is 0 Å². The summed E-state index contributed by atoms with van der Waals surface area (Å²) < 4.78 is 30.8. The van der Waals surface area contributed by atoms with Crippen molar-refractivity contribution in [2.24, 2.45) is 5.92 Å². The summed E-state index contributed by atoms with van der Waals surface area (Å²) in [6, 6.07) is 10.3. The number of nitrogens with zero attached hydrogens (tertiary/aromatic N) is 2. The average Bonchev–Trinajstić information content (AvgIpc) is 3.33. The molecule has 0 unspecified atom stereocenters. The number of ether oxygens (including phenoxy) is 1. The predicted molar refractivity (Wildman–Crippen MR) is 110 cm³/mol. The molecule has 0 spiro atoms. The molecule has 0 saturated carbocycles. The van der Waals surface area contributed by atoms with Gasteiger partial charge in [0.1, 0.15) is 9.96 Å². The molecule has 1 aromatic carbocycles. The van der Waals surface area contributed by atoms with Crippen LogP contribution in [0.2, 0.25) is 0 Å². The Kier molecular flexibility index (Phi) is 6.25. The number of thiophene rings is 1. The smallest absolute Gasteiger partial charge is 0.252 e. The third-order valence-electron chi connectivity index (χ3n) is 4.69. The van der Waals surface area contributed by atoms with Gasteiger partial charge in [-0.2, -0.15) is 0 Å². The van der Waals surface area contributed by atoms with Crippen molar-refractivity contribution in [3.8, 4) is 5.75 Å². The fourth-order valence-corrected chi connectivity index (χ4v) is 5.45. The Labute approximate surface area is 174 Å². The van der Waals surface area contributed by atoms with Crippen molar-refractivity contribution in [2.45, 2.75) is 17.2 Å². The van der Waals surface area contributed by atoms with Crippen molar-refractivity contribution in [1.29, 1.82) is 0 Å². The molecule has 0 bridgehead atoms. The maximum atomic E-state index is 12.5. The molecule has 2 amide bonds. The van der Waals surface area contributed by atoms with Crippen LogP contribution in [0.25, 0.3) is 0 Å². The Morgan fingerprint density at radius 2 is 1.93 bits per heavy atom. The Morgan fingerprint density at radius 1 is 1.24 bits per heavy atom. The predicted octanol–water partition coefficient (Wildman–Crippen LogP) is 1.68. The maximum absolute atomic E-state index is 12.5. The molecule has 1 saturated heterocycles. The third kappa shape index (κ3) is 4.60. The van der Waals surface area contributed by atoms with Crippen LogP contribution in [0.15, 0.2) is 40.6 Å². The van der Waals surface area contributed by atoms with Crippen molar-refractivity contribution in [3.05, 3.63) is 41.3 Å². The van der Waals surface area contributed by atoms with Crippen molar-refractivity contribution < 1.29 is 22.7 Å². The molecule has 1 aromatic heterocycles. The highest BCUT2D eigenvalue weighted by molar-refractivity contribution is 7.91. The van der Waals surface area contributed by atoms with Crippen LogP contribution in [-0.2, 0) is 26.2 Å². The number of rotatable bonds is 7. The van der Waals surface area contributed by atoms with E-state index in [1.165, 1.54) is 20.2 Å². The van der Waals surface area contributed by atoms with E-state index in [1.807, 2.05) is 0 Å². The van der Waals surface area contributed by atoms with Gasteiger partial charge in [-0.15, -0.1) is 11.3 Å². The molecule has 8 nitrogen and oxygen atoms in total. The molecule has 29 heavy (non-hydrogen) atoms. The zero-order valence-electron chi connectivity index (χ0n) is 16.4. The normalized spacial score (nSPS) is 17.0. The van der Waals surface area contributed by atoms with Crippen LogP contribution in [0.1, 0.15) is 11.3 Å². The SMILES string of the molecule is COc1ccc(N2C[C@H](C(=O)NCc3ccc(S(=O)(=O)N(C)C)s3)CC2=O)cc1. The van der Waals surface area contributed by atoms with Gasteiger partial charge in [0.15, 0.2) is 0 Å². The van der Waals surface area contributed by atoms with E-state index in [1.54, 1.807) is 42.3 Å². The quantitative estimate of drug-likeness (QED) is 0.711. The summed E-state index contributed by atoms with van der Waals surface area (Å²) in [6.45, 7) is 0.529. The molecular formula is C19H23N3O5S2. The summed E-state index contributed by atoms with van der Waals surface area (Å²) in [5.74, 6) is -0.0820. The average molecular weight is 438 g/mol. The lowest BCUT2D eigenvalue weighted by molar-refractivity contribution is -0.126. The van der Waals surface area contributed by atoms with Gasteiger partial charge in [0.05, 0.1) is 19.6 Å². The van der Waals surface area contributed by atoms with E-state index in [0.717, 1.165) is 26.2 Å². The van der Waals surface area contributed by atoms with Gasteiger partial charge < -0.3 is 15.0 Å². The van der Waals surface area contributed by atoms with Gasteiger partial charge in [-0.05, 0) is 36.4 Å². The molecule has 10 heteroatoms. The van der Waals surface area contributed by atoms with E-state index < -0.39 is 15.9 Å². The van der Waals surface area contributed by atoms with E-state index in [-0.39, 0.29) is 29.0 Å². The van der Waals surface area contributed by atoms with Gasteiger partial charge in [-0.3, -0.25) is 9.59 Å². The number of carbonyl (C=O) groups excluding carboxylic acids is 2. The fourth-order valence-electron chi connectivity index (χ4n) is 2.99. The van der Waals surface area contributed by atoms with Gasteiger partial charge in [0.25, 0.3) is 10.0 Å². The number of nitrogens with one attached hydrogen (secondary N) is 1. The zero-order valence-corrected chi connectivity index (χ0v) is 18.0. The first-order chi connectivity index (χ1) is 13.7. The summed E-state index contributed by atoms with van der Waals surface area (Å²) in [5, 5.41) is 2.81. The van der Waals surface area contributed by atoms with Crippen molar-refractivity contribution in [3.63, 3.8) is 0 Å². The number of amides is 2. The highest BCUT2D eigenvalue weighted by Crippen LogP contribution is 2.27. The Hall–Kier alpha value is -2.43. The first-order valence-electron chi connectivity index (χ1n) is 8.95. The molecule has 2 heterocycles. The van der Waals surface area contributed by atoms with Gasteiger partial charge in [0, 0.05) is 37.6 Å². The minimum Gasteiger partial charge on any atom is -0.497 e. The summed E-state index contributed by atoms with van der Waals surface area (Å²) in [6.07, 6.45) is 0.141. The Morgan fingerprint density at radius 3 is 2.55 bits per heavy atom. The molecule has 1 fully saturated rings. The van der Waals surface area contributed by atoms with Crippen LogP contribution in [0, 0.1) is 5.92 Å². The number of benzene rings is 1. The highest BCUT2D eigenvalue weighted by atomic mass is 32.2. The molecular weight excluding hydrogens is 414 g/mol. The first-order valence-corrected chi connectivity index (χ1v) is 11.2. The number of anilines is 1. The minimum atomic E-state index is -3.48. The first kappa shape index (κ1) is 21.3. The molecule has 1 aliphatic rings. The second-order valence-electron chi connectivity index (χ2n) is 6.83. The number of methoxy groups -OCH3 is 1. The van der Waals surface area contributed by atoms with Crippen LogP contribution in [0.3, 0.4) is 0 Å². The molecule has 0 radical (unpaired) electrons. The van der Waals surface area contributed by atoms with E-state index in [9.17, 15) is 18.0 Å².